The highest BCUT2D eigenvalue weighted by Crippen LogP contribution is 2.32. The number of carbonyl (C=O) groups excluding carboxylic acids is 3. The SMILES string of the molecule is COc1ccc([C@](C)(C(=O)N2CCCC2)n2cnc(NC(=O)C(CCCc3ccccc3)NC(=O)C(C)(C)N)c2)cc1. The molecule has 4 N–H and O–H groups in total. The zero-order valence-corrected chi connectivity index (χ0v) is 24.9. The van der Waals surface area contributed by atoms with Crippen LogP contribution in [0.4, 0.5) is 5.82 Å². The maximum atomic E-state index is 13.9. The van der Waals surface area contributed by atoms with Gasteiger partial charge in [-0.1, -0.05) is 42.5 Å². The van der Waals surface area contributed by atoms with Gasteiger partial charge in [0.05, 0.1) is 19.0 Å². The van der Waals surface area contributed by atoms with Crippen molar-refractivity contribution in [1.82, 2.24) is 19.8 Å². The molecule has 10 nitrogen and oxygen atoms in total. The summed E-state index contributed by atoms with van der Waals surface area (Å²) >= 11 is 0. The number of benzene rings is 2. The number of anilines is 1. The van der Waals surface area contributed by atoms with Crippen LogP contribution in [-0.4, -0.2) is 64.0 Å². The minimum absolute atomic E-state index is 0.0447. The van der Waals surface area contributed by atoms with Crippen molar-refractivity contribution in [2.75, 3.05) is 25.5 Å². The molecule has 10 heteroatoms. The average molecular weight is 575 g/mol. The largest absolute Gasteiger partial charge is 0.497 e. The second-order valence-corrected chi connectivity index (χ2v) is 11.6. The molecule has 42 heavy (non-hydrogen) atoms. The number of amides is 3. The van der Waals surface area contributed by atoms with Gasteiger partial charge in [0.25, 0.3) is 5.91 Å². The van der Waals surface area contributed by atoms with Crippen molar-refractivity contribution in [1.29, 1.82) is 0 Å². The highest BCUT2D eigenvalue weighted by molar-refractivity contribution is 5.98. The van der Waals surface area contributed by atoms with Crippen LogP contribution in [0.25, 0.3) is 0 Å². The fourth-order valence-corrected chi connectivity index (χ4v) is 5.14. The third kappa shape index (κ3) is 7.17. The van der Waals surface area contributed by atoms with Gasteiger partial charge in [0.1, 0.15) is 17.3 Å². The van der Waals surface area contributed by atoms with Crippen LogP contribution >= 0.6 is 0 Å². The number of aryl methyl sites for hydroxylation is 1. The molecule has 2 heterocycles. The van der Waals surface area contributed by atoms with E-state index in [1.807, 2.05) is 66.4 Å². The summed E-state index contributed by atoms with van der Waals surface area (Å²) in [4.78, 5) is 46.4. The molecular weight excluding hydrogens is 532 g/mol. The van der Waals surface area contributed by atoms with Crippen LogP contribution < -0.4 is 21.1 Å². The number of methoxy groups -OCH3 is 1. The van der Waals surface area contributed by atoms with Crippen LogP contribution in [0.15, 0.2) is 67.1 Å². The molecule has 0 saturated carbocycles. The van der Waals surface area contributed by atoms with Crippen LogP contribution in [0.5, 0.6) is 5.75 Å². The van der Waals surface area contributed by atoms with Crippen LogP contribution in [0, 0.1) is 0 Å². The Morgan fingerprint density at radius 1 is 1.02 bits per heavy atom. The topological polar surface area (TPSA) is 132 Å². The Bertz CT molecular complexity index is 1360. The predicted molar refractivity (Wildman–Crippen MR) is 162 cm³/mol. The normalized spacial score (nSPS) is 15.5. The molecule has 1 unspecified atom stereocenters. The van der Waals surface area contributed by atoms with Crippen molar-refractivity contribution in [2.45, 2.75) is 70.0 Å². The van der Waals surface area contributed by atoms with Crippen molar-refractivity contribution < 1.29 is 19.1 Å². The minimum Gasteiger partial charge on any atom is -0.497 e. The molecule has 0 radical (unpaired) electrons. The van der Waals surface area contributed by atoms with E-state index < -0.39 is 28.9 Å². The van der Waals surface area contributed by atoms with Crippen LogP contribution in [0.2, 0.25) is 0 Å². The molecule has 1 aliphatic heterocycles. The third-order valence-electron chi connectivity index (χ3n) is 7.82. The first-order chi connectivity index (χ1) is 20.0. The summed E-state index contributed by atoms with van der Waals surface area (Å²) in [7, 11) is 1.60. The van der Waals surface area contributed by atoms with Gasteiger partial charge in [-0.25, -0.2) is 4.98 Å². The van der Waals surface area contributed by atoms with E-state index in [1.165, 1.54) is 0 Å². The van der Waals surface area contributed by atoms with E-state index in [0.717, 1.165) is 30.4 Å². The fourth-order valence-electron chi connectivity index (χ4n) is 5.14. The lowest BCUT2D eigenvalue weighted by Gasteiger charge is -2.34. The molecule has 224 valence electrons. The van der Waals surface area contributed by atoms with Gasteiger partial charge in [0.2, 0.25) is 11.8 Å². The number of rotatable bonds is 12. The summed E-state index contributed by atoms with van der Waals surface area (Å²) in [5, 5.41) is 5.66. The molecule has 2 aromatic carbocycles. The first kappa shape index (κ1) is 30.8. The van der Waals surface area contributed by atoms with Gasteiger partial charge in [-0.05, 0) is 76.1 Å². The number of imidazole rings is 1. The number of hydrogen-bond acceptors (Lipinski definition) is 6. The Hall–Kier alpha value is -4.18. The second kappa shape index (κ2) is 13.2. The molecule has 3 amide bonds. The summed E-state index contributed by atoms with van der Waals surface area (Å²) in [5.74, 6) is 0.105. The zero-order valence-electron chi connectivity index (χ0n) is 24.9. The summed E-state index contributed by atoms with van der Waals surface area (Å²) < 4.78 is 7.05. The Morgan fingerprint density at radius 2 is 1.69 bits per heavy atom. The standard InChI is InChI=1S/C32H42N6O4/c1-31(2,33)29(40)35-26(14-10-13-23-11-6-5-7-12-23)28(39)36-27-21-38(22-34-27)32(3,30(41)37-19-8-9-20-37)24-15-17-25(42-4)18-16-24/h5-7,11-12,15-18,21-22,26H,8-10,13-14,19-20,33H2,1-4H3,(H,35,40)(H,36,39)/t26?,32-/m1/s1. The molecule has 1 fully saturated rings. The Labute approximate surface area is 247 Å². The van der Waals surface area contributed by atoms with Crippen molar-refractivity contribution in [3.05, 3.63) is 78.2 Å². The number of ether oxygens (including phenoxy) is 1. The van der Waals surface area contributed by atoms with Crippen molar-refractivity contribution in [2.24, 2.45) is 5.73 Å². The molecule has 1 saturated heterocycles. The number of nitrogens with one attached hydrogen (secondary N) is 2. The molecule has 0 aliphatic carbocycles. The van der Waals surface area contributed by atoms with E-state index in [2.05, 4.69) is 15.6 Å². The van der Waals surface area contributed by atoms with Crippen LogP contribution in [-0.2, 0) is 26.3 Å². The lowest BCUT2D eigenvalue weighted by atomic mass is 9.90. The molecule has 1 aromatic heterocycles. The highest BCUT2D eigenvalue weighted by Gasteiger charge is 2.41. The fraction of sp³-hybridized carbons (Fsp3) is 0.438. The zero-order chi connectivity index (χ0) is 30.3. The molecule has 3 aromatic rings. The average Bonchev–Trinajstić information content (AvgIpc) is 3.69. The van der Waals surface area contributed by atoms with Crippen LogP contribution in [0.1, 0.15) is 57.6 Å². The van der Waals surface area contributed by atoms with E-state index in [1.54, 1.807) is 38.0 Å². The van der Waals surface area contributed by atoms with Gasteiger partial charge in [-0.3, -0.25) is 14.4 Å². The predicted octanol–water partition coefficient (Wildman–Crippen LogP) is 3.46. The monoisotopic (exact) mass is 574 g/mol. The number of aromatic nitrogens is 2. The van der Waals surface area contributed by atoms with Gasteiger partial charge < -0.3 is 30.6 Å². The third-order valence-corrected chi connectivity index (χ3v) is 7.82. The van der Waals surface area contributed by atoms with E-state index in [4.69, 9.17) is 10.5 Å². The van der Waals surface area contributed by atoms with E-state index >= 15 is 0 Å². The number of hydrogen-bond donors (Lipinski definition) is 3. The van der Waals surface area contributed by atoms with Gasteiger partial charge in [-0.15, -0.1) is 0 Å². The van der Waals surface area contributed by atoms with Gasteiger partial charge >= 0.3 is 0 Å². The first-order valence-electron chi connectivity index (χ1n) is 14.5. The number of likely N-dealkylation sites (tertiary alicyclic amines) is 1. The van der Waals surface area contributed by atoms with Crippen molar-refractivity contribution >= 4 is 23.5 Å². The van der Waals surface area contributed by atoms with E-state index in [9.17, 15) is 14.4 Å². The summed E-state index contributed by atoms with van der Waals surface area (Å²) in [6, 6.07) is 16.6. The first-order valence-corrected chi connectivity index (χ1v) is 14.5. The maximum Gasteiger partial charge on any atom is 0.253 e. The van der Waals surface area contributed by atoms with Gasteiger partial charge in [0, 0.05) is 19.3 Å². The van der Waals surface area contributed by atoms with Crippen LogP contribution in [0.3, 0.4) is 0 Å². The van der Waals surface area contributed by atoms with E-state index in [0.29, 0.717) is 31.7 Å². The quantitative estimate of drug-likeness (QED) is 0.304. The maximum absolute atomic E-state index is 13.9. The summed E-state index contributed by atoms with van der Waals surface area (Å²) in [6.07, 6.45) is 7.01. The number of nitrogens with two attached hydrogens (primary N) is 1. The smallest absolute Gasteiger partial charge is 0.253 e. The summed E-state index contributed by atoms with van der Waals surface area (Å²) in [6.45, 7) is 6.45. The summed E-state index contributed by atoms with van der Waals surface area (Å²) in [5.41, 5.74) is 5.68. The molecule has 4 rings (SSSR count). The minimum atomic E-state index is -1.14. The molecular formula is C32H42N6O4. The lowest BCUT2D eigenvalue weighted by molar-refractivity contribution is -0.137. The lowest BCUT2D eigenvalue weighted by Crippen LogP contribution is -2.54. The number of carbonyl (C=O) groups is 3. The van der Waals surface area contributed by atoms with Gasteiger partial charge in [0.15, 0.2) is 5.82 Å². The van der Waals surface area contributed by atoms with Crippen molar-refractivity contribution in [3.8, 4) is 5.75 Å². The Kier molecular flexibility index (Phi) is 9.67. The Balaban J connectivity index is 1.55. The highest BCUT2D eigenvalue weighted by atomic mass is 16.5. The molecule has 0 spiro atoms. The molecule has 0 bridgehead atoms. The van der Waals surface area contributed by atoms with Gasteiger partial charge in [-0.2, -0.15) is 0 Å². The Morgan fingerprint density at radius 3 is 2.31 bits per heavy atom. The molecule has 2 atom stereocenters. The second-order valence-electron chi connectivity index (χ2n) is 11.6. The van der Waals surface area contributed by atoms with Crippen molar-refractivity contribution in [3.63, 3.8) is 0 Å². The molecule has 1 aliphatic rings. The van der Waals surface area contributed by atoms with E-state index in [-0.39, 0.29) is 11.7 Å². The number of nitrogens with zero attached hydrogens (tertiary/aromatic N) is 3.